The first-order valence-corrected chi connectivity index (χ1v) is 10.3. The molecular weight excluding hydrogens is 299 g/mol. The molecule has 0 saturated carbocycles. The highest BCUT2D eigenvalue weighted by Gasteiger charge is 2.47. The highest BCUT2D eigenvalue weighted by atomic mass is 31.1. The molecule has 6 nitrogen and oxygen atoms in total. The second kappa shape index (κ2) is 12.9. The largest absolute Gasteiger partial charge is 0.686 e. The van der Waals surface area contributed by atoms with Crippen LogP contribution in [0, 0.1) is 0 Å². The SMILES string of the molecule is CCCCCCO[PH](=O)O[Si](OCC)(OCC)OCC. The molecule has 0 spiro atoms. The molecule has 0 aromatic heterocycles. The number of rotatable bonds is 14. The van der Waals surface area contributed by atoms with E-state index < -0.39 is 17.3 Å². The van der Waals surface area contributed by atoms with Crippen molar-refractivity contribution >= 4 is 17.3 Å². The molecule has 1 unspecified atom stereocenters. The molecule has 20 heavy (non-hydrogen) atoms. The molecule has 0 amide bonds. The Balaban J connectivity index is 4.22. The van der Waals surface area contributed by atoms with E-state index in [0.29, 0.717) is 26.4 Å². The van der Waals surface area contributed by atoms with Crippen LogP contribution in [0.2, 0.25) is 0 Å². The second-order valence-electron chi connectivity index (χ2n) is 4.06. The van der Waals surface area contributed by atoms with Crippen LogP contribution in [-0.4, -0.2) is 35.5 Å². The third kappa shape index (κ3) is 9.23. The molecule has 1 atom stereocenters. The summed E-state index contributed by atoms with van der Waals surface area (Å²) in [5.41, 5.74) is 0. The first kappa shape index (κ1) is 20.2. The molecule has 8 heteroatoms. The second-order valence-corrected chi connectivity index (χ2v) is 7.53. The first-order valence-electron chi connectivity index (χ1n) is 7.41. The van der Waals surface area contributed by atoms with Crippen LogP contribution in [0.1, 0.15) is 53.4 Å². The van der Waals surface area contributed by atoms with E-state index in [9.17, 15) is 4.57 Å². The van der Waals surface area contributed by atoms with Crippen LogP contribution in [0.25, 0.3) is 0 Å². The Morgan fingerprint density at radius 1 is 0.850 bits per heavy atom. The average molecular weight is 328 g/mol. The van der Waals surface area contributed by atoms with E-state index in [1.54, 1.807) is 0 Å². The molecule has 122 valence electrons. The van der Waals surface area contributed by atoms with E-state index in [2.05, 4.69) is 6.92 Å². The van der Waals surface area contributed by atoms with Crippen LogP contribution >= 0.6 is 8.25 Å². The van der Waals surface area contributed by atoms with E-state index in [4.69, 9.17) is 22.0 Å². The Bertz CT molecular complexity index is 237. The van der Waals surface area contributed by atoms with Gasteiger partial charge in [0, 0.05) is 19.8 Å². The molecule has 0 N–H and O–H groups in total. The van der Waals surface area contributed by atoms with Crippen LogP contribution in [0.4, 0.5) is 0 Å². The van der Waals surface area contributed by atoms with Gasteiger partial charge in [0.25, 0.3) is 0 Å². The predicted molar refractivity (Wildman–Crippen MR) is 80.8 cm³/mol. The van der Waals surface area contributed by atoms with E-state index in [1.165, 1.54) is 0 Å². The Morgan fingerprint density at radius 3 is 1.85 bits per heavy atom. The molecule has 0 aliphatic heterocycles. The third-order valence-corrected chi connectivity index (χ3v) is 6.42. The lowest BCUT2D eigenvalue weighted by atomic mass is 10.2. The minimum absolute atomic E-state index is 0.373. The van der Waals surface area contributed by atoms with Crippen molar-refractivity contribution < 1.29 is 26.6 Å². The van der Waals surface area contributed by atoms with Gasteiger partial charge in [0.1, 0.15) is 0 Å². The van der Waals surface area contributed by atoms with Crippen molar-refractivity contribution in [1.82, 2.24) is 0 Å². The summed E-state index contributed by atoms with van der Waals surface area (Å²) in [6.07, 6.45) is 4.25. The van der Waals surface area contributed by atoms with Gasteiger partial charge in [0.15, 0.2) is 0 Å². The topological polar surface area (TPSA) is 63.2 Å². The molecular formula is C12H29O6PSi. The number of unbranched alkanes of at least 4 members (excludes halogenated alkanes) is 3. The molecule has 0 saturated heterocycles. The predicted octanol–water partition coefficient (Wildman–Crippen LogP) is 3.53. The Kier molecular flexibility index (Phi) is 13.1. The normalized spacial score (nSPS) is 13.6. The maximum Gasteiger partial charge on any atom is 0.686 e. The molecule has 0 aromatic rings. The number of hydrogen-bond donors (Lipinski definition) is 0. The smallest absolute Gasteiger partial charge is 0.351 e. The van der Waals surface area contributed by atoms with Gasteiger partial charge in [-0.05, 0) is 27.2 Å². The first-order chi connectivity index (χ1) is 9.64. The summed E-state index contributed by atoms with van der Waals surface area (Å²) in [6.45, 7) is 9.11. The van der Waals surface area contributed by atoms with Crippen molar-refractivity contribution in [3.63, 3.8) is 0 Å². The van der Waals surface area contributed by atoms with Crippen molar-refractivity contribution in [2.45, 2.75) is 53.4 Å². The summed E-state index contributed by atoms with van der Waals surface area (Å²) < 4.78 is 38.7. The fourth-order valence-corrected chi connectivity index (χ4v) is 4.94. The quantitative estimate of drug-likeness (QED) is 0.276. The van der Waals surface area contributed by atoms with Crippen LogP contribution < -0.4 is 0 Å². The molecule has 0 aliphatic rings. The van der Waals surface area contributed by atoms with Crippen molar-refractivity contribution in [1.29, 1.82) is 0 Å². The van der Waals surface area contributed by atoms with Gasteiger partial charge in [-0.1, -0.05) is 26.2 Å². The lowest BCUT2D eigenvalue weighted by molar-refractivity contribution is 0.00738. The highest BCUT2D eigenvalue weighted by Crippen LogP contribution is 2.31. The average Bonchev–Trinajstić information content (AvgIpc) is 2.39. The van der Waals surface area contributed by atoms with Crippen molar-refractivity contribution in [2.24, 2.45) is 0 Å². The zero-order valence-electron chi connectivity index (χ0n) is 13.1. The molecule has 0 bridgehead atoms. The van der Waals surface area contributed by atoms with E-state index in [0.717, 1.165) is 25.7 Å². The molecule has 0 aliphatic carbocycles. The van der Waals surface area contributed by atoms with Gasteiger partial charge in [-0.15, -0.1) is 0 Å². The van der Waals surface area contributed by atoms with Gasteiger partial charge in [0.05, 0.1) is 6.61 Å². The molecule has 0 rings (SSSR count). The lowest BCUT2D eigenvalue weighted by Gasteiger charge is -2.26. The summed E-state index contributed by atoms with van der Waals surface area (Å²) in [4.78, 5) is 0. The molecule has 0 heterocycles. The summed E-state index contributed by atoms with van der Waals surface area (Å²) in [7, 11) is -5.99. The summed E-state index contributed by atoms with van der Waals surface area (Å²) in [6, 6.07) is 0. The van der Waals surface area contributed by atoms with E-state index in [1.807, 2.05) is 20.8 Å². The summed E-state index contributed by atoms with van der Waals surface area (Å²) in [5.74, 6) is 0. The standard InChI is InChI=1S/C12H29O6PSi/c1-5-9-10-11-12-14-19(13)18-20(15-6-2,16-7-3)17-8-4/h19H,5-12H2,1-4H3. The molecule has 0 radical (unpaired) electrons. The van der Waals surface area contributed by atoms with E-state index >= 15 is 0 Å². The van der Waals surface area contributed by atoms with Crippen molar-refractivity contribution in [3.05, 3.63) is 0 Å². The maximum absolute atomic E-state index is 11.9. The maximum atomic E-state index is 11.9. The number of hydrogen-bond acceptors (Lipinski definition) is 6. The minimum atomic E-state index is -3.33. The van der Waals surface area contributed by atoms with Gasteiger partial charge in [-0.2, -0.15) is 0 Å². The van der Waals surface area contributed by atoms with Crippen molar-refractivity contribution in [2.75, 3.05) is 26.4 Å². The van der Waals surface area contributed by atoms with Gasteiger partial charge in [-0.25, -0.2) is 0 Å². The van der Waals surface area contributed by atoms with Crippen LogP contribution in [0.15, 0.2) is 0 Å². The van der Waals surface area contributed by atoms with Gasteiger partial charge in [0.2, 0.25) is 0 Å². The summed E-state index contributed by atoms with van der Waals surface area (Å²) in [5, 5.41) is 0. The van der Waals surface area contributed by atoms with Crippen LogP contribution in [0.3, 0.4) is 0 Å². The zero-order chi connectivity index (χ0) is 15.3. The van der Waals surface area contributed by atoms with E-state index in [-0.39, 0.29) is 0 Å². The Morgan fingerprint density at radius 2 is 1.40 bits per heavy atom. The van der Waals surface area contributed by atoms with Crippen LogP contribution in [0.5, 0.6) is 0 Å². The summed E-state index contributed by atoms with van der Waals surface area (Å²) >= 11 is 0. The monoisotopic (exact) mass is 328 g/mol. The van der Waals surface area contributed by atoms with Gasteiger partial charge in [-0.3, -0.25) is 8.78 Å². The Labute approximate surface area is 124 Å². The molecule has 0 aromatic carbocycles. The minimum Gasteiger partial charge on any atom is -0.351 e. The van der Waals surface area contributed by atoms with Gasteiger partial charge < -0.3 is 17.8 Å². The van der Waals surface area contributed by atoms with Gasteiger partial charge >= 0.3 is 17.3 Å². The molecule has 0 fully saturated rings. The van der Waals surface area contributed by atoms with Crippen molar-refractivity contribution in [3.8, 4) is 0 Å². The lowest BCUT2D eigenvalue weighted by Crippen LogP contribution is -2.47. The Hall–Kier alpha value is 0.247. The fourth-order valence-electron chi connectivity index (χ4n) is 1.56. The van der Waals surface area contributed by atoms with Crippen LogP contribution in [-0.2, 0) is 26.6 Å². The highest BCUT2D eigenvalue weighted by molar-refractivity contribution is 7.35. The fraction of sp³-hybridized carbons (Fsp3) is 1.00. The zero-order valence-corrected chi connectivity index (χ0v) is 15.1. The third-order valence-electron chi connectivity index (χ3n) is 2.39.